The highest BCUT2D eigenvalue weighted by atomic mass is 35.5. The molecule has 0 bridgehead atoms. The van der Waals surface area contributed by atoms with E-state index in [0.29, 0.717) is 0 Å². The molecule has 0 fully saturated rings. The maximum Gasteiger partial charge on any atom is 0.387 e. The van der Waals surface area contributed by atoms with E-state index in [0.717, 1.165) is 16.8 Å². The molecular weight excluding hydrogens is 309 g/mol. The Hall–Kier alpha value is -2.40. The Labute approximate surface area is 122 Å². The van der Waals surface area contributed by atoms with E-state index in [2.05, 4.69) is 9.84 Å². The van der Waals surface area contributed by atoms with Gasteiger partial charge in [0.2, 0.25) is 0 Å². The van der Waals surface area contributed by atoms with Gasteiger partial charge in [-0.05, 0) is 19.1 Å². The van der Waals surface area contributed by atoms with Crippen LogP contribution in [0, 0.1) is 24.1 Å². The second-order valence-corrected chi connectivity index (χ2v) is 4.40. The van der Waals surface area contributed by atoms with Crippen molar-refractivity contribution in [1.29, 1.82) is 5.26 Å². The summed E-state index contributed by atoms with van der Waals surface area (Å²) in [5.41, 5.74) is 5.08. The topological polar surface area (TPSA) is 76.9 Å². The lowest BCUT2D eigenvalue weighted by molar-refractivity contribution is -0.0505. The van der Waals surface area contributed by atoms with E-state index in [-0.39, 0.29) is 27.8 Å². The molecule has 0 spiro atoms. The van der Waals surface area contributed by atoms with E-state index < -0.39 is 18.2 Å². The van der Waals surface area contributed by atoms with E-state index in [1.807, 2.05) is 0 Å². The van der Waals surface area contributed by atoms with Gasteiger partial charge in [-0.3, -0.25) is 0 Å². The molecule has 0 amide bonds. The van der Waals surface area contributed by atoms with Gasteiger partial charge in [0, 0.05) is 0 Å². The second kappa shape index (κ2) is 5.54. The fourth-order valence-electron chi connectivity index (χ4n) is 1.73. The Kier molecular flexibility index (Phi) is 3.95. The van der Waals surface area contributed by atoms with Gasteiger partial charge >= 0.3 is 6.61 Å². The molecule has 110 valence electrons. The van der Waals surface area contributed by atoms with Crippen molar-refractivity contribution < 1.29 is 17.9 Å². The highest BCUT2D eigenvalue weighted by molar-refractivity contribution is 6.33. The average Bonchev–Trinajstić information content (AvgIpc) is 2.70. The Morgan fingerprint density at radius 2 is 2.14 bits per heavy atom. The first-order valence-corrected chi connectivity index (χ1v) is 5.92. The molecule has 9 heteroatoms. The summed E-state index contributed by atoms with van der Waals surface area (Å²) in [5.74, 6) is -1.22. The minimum atomic E-state index is -3.13. The highest BCUT2D eigenvalue weighted by Crippen LogP contribution is 2.30. The van der Waals surface area contributed by atoms with Gasteiger partial charge in [0.15, 0.2) is 17.3 Å². The highest BCUT2D eigenvalue weighted by Gasteiger charge is 2.22. The van der Waals surface area contributed by atoms with Crippen molar-refractivity contribution in [3.63, 3.8) is 0 Å². The number of aryl methyl sites for hydroxylation is 1. The van der Waals surface area contributed by atoms with Gasteiger partial charge in [0.05, 0.1) is 10.7 Å². The molecular formula is C12H8ClF3N4O. The Morgan fingerprint density at radius 3 is 2.71 bits per heavy atom. The number of alkyl halides is 2. The zero-order valence-electron chi connectivity index (χ0n) is 10.6. The summed E-state index contributed by atoms with van der Waals surface area (Å²) in [4.78, 5) is 0. The molecule has 0 atom stereocenters. The third-order valence-corrected chi connectivity index (χ3v) is 2.94. The number of anilines is 1. The molecule has 21 heavy (non-hydrogen) atoms. The summed E-state index contributed by atoms with van der Waals surface area (Å²) in [5, 5.41) is 12.9. The molecule has 2 N–H and O–H groups in total. The van der Waals surface area contributed by atoms with Gasteiger partial charge in [-0.15, -0.1) is 0 Å². The fourth-order valence-corrected chi connectivity index (χ4v) is 1.88. The van der Waals surface area contributed by atoms with Crippen LogP contribution in [0.3, 0.4) is 0 Å². The van der Waals surface area contributed by atoms with Crippen LogP contribution >= 0.6 is 11.6 Å². The molecule has 0 aliphatic rings. The average molecular weight is 317 g/mol. The second-order valence-electron chi connectivity index (χ2n) is 3.99. The van der Waals surface area contributed by atoms with Crippen LogP contribution in [0.25, 0.3) is 5.69 Å². The standard InChI is InChI=1S/C12H8ClF3N4O/c1-5-11(21-12(15)16)10(4-17)20(19-5)9-3-8(18)6(13)2-7(9)14/h2-3,12H,18H2,1H3. The lowest BCUT2D eigenvalue weighted by Crippen LogP contribution is -2.06. The molecule has 5 nitrogen and oxygen atoms in total. The number of aromatic nitrogens is 2. The van der Waals surface area contributed by atoms with Gasteiger partial charge in [-0.2, -0.15) is 19.1 Å². The van der Waals surface area contributed by atoms with E-state index in [1.54, 1.807) is 6.07 Å². The number of benzene rings is 1. The maximum absolute atomic E-state index is 13.9. The minimum Gasteiger partial charge on any atom is -0.430 e. The first-order valence-electron chi connectivity index (χ1n) is 5.54. The molecule has 2 aromatic rings. The van der Waals surface area contributed by atoms with Crippen molar-refractivity contribution in [3.8, 4) is 17.5 Å². The van der Waals surface area contributed by atoms with E-state index in [1.165, 1.54) is 6.92 Å². The Bertz CT molecular complexity index is 739. The largest absolute Gasteiger partial charge is 0.430 e. The van der Waals surface area contributed by atoms with Crippen LogP contribution in [-0.2, 0) is 0 Å². The van der Waals surface area contributed by atoms with Crippen LogP contribution in [0.4, 0.5) is 18.9 Å². The SMILES string of the molecule is Cc1nn(-c2cc(N)c(Cl)cc2F)c(C#N)c1OC(F)F. The third-order valence-electron chi connectivity index (χ3n) is 2.61. The van der Waals surface area contributed by atoms with Gasteiger partial charge in [-0.25, -0.2) is 9.07 Å². The summed E-state index contributed by atoms with van der Waals surface area (Å²) in [6.07, 6.45) is 0. The summed E-state index contributed by atoms with van der Waals surface area (Å²) >= 11 is 5.67. The zero-order valence-corrected chi connectivity index (χ0v) is 11.3. The predicted molar refractivity (Wildman–Crippen MR) is 69.0 cm³/mol. The van der Waals surface area contributed by atoms with Gasteiger partial charge in [0.1, 0.15) is 17.5 Å². The van der Waals surface area contributed by atoms with Crippen LogP contribution in [0.5, 0.6) is 5.75 Å². The van der Waals surface area contributed by atoms with Crippen LogP contribution in [0.15, 0.2) is 12.1 Å². The van der Waals surface area contributed by atoms with Crippen LogP contribution < -0.4 is 10.5 Å². The van der Waals surface area contributed by atoms with Crippen molar-refractivity contribution in [1.82, 2.24) is 9.78 Å². The molecule has 0 radical (unpaired) electrons. The number of ether oxygens (including phenoxy) is 1. The van der Waals surface area contributed by atoms with Crippen LogP contribution in [-0.4, -0.2) is 16.4 Å². The smallest absolute Gasteiger partial charge is 0.387 e. The monoisotopic (exact) mass is 316 g/mol. The molecule has 0 aliphatic heterocycles. The third kappa shape index (κ3) is 2.73. The Balaban J connectivity index is 2.66. The first-order chi connectivity index (χ1) is 9.85. The summed E-state index contributed by atoms with van der Waals surface area (Å²) in [6, 6.07) is 3.74. The lowest BCUT2D eigenvalue weighted by atomic mass is 10.2. The number of nitrogens with zero attached hydrogens (tertiary/aromatic N) is 3. The van der Waals surface area contributed by atoms with Crippen LogP contribution in [0.2, 0.25) is 5.02 Å². The molecule has 1 heterocycles. The molecule has 2 rings (SSSR count). The van der Waals surface area contributed by atoms with Gasteiger partial charge in [0.25, 0.3) is 0 Å². The van der Waals surface area contributed by atoms with Gasteiger partial charge < -0.3 is 10.5 Å². The predicted octanol–water partition coefficient (Wildman–Crippen LogP) is 3.03. The normalized spacial score (nSPS) is 10.7. The number of hydrogen-bond acceptors (Lipinski definition) is 4. The lowest BCUT2D eigenvalue weighted by Gasteiger charge is -2.07. The van der Waals surface area contributed by atoms with E-state index >= 15 is 0 Å². The fraction of sp³-hybridized carbons (Fsp3) is 0.167. The maximum atomic E-state index is 13.9. The Morgan fingerprint density at radius 1 is 1.48 bits per heavy atom. The van der Waals surface area contributed by atoms with E-state index in [4.69, 9.17) is 22.6 Å². The van der Waals surface area contributed by atoms with Crippen molar-refractivity contribution >= 4 is 17.3 Å². The molecule has 1 aromatic carbocycles. The van der Waals surface area contributed by atoms with Crippen molar-refractivity contribution in [2.75, 3.05) is 5.73 Å². The quantitative estimate of drug-likeness (QED) is 0.883. The summed E-state index contributed by atoms with van der Waals surface area (Å²) in [6.45, 7) is -1.78. The summed E-state index contributed by atoms with van der Waals surface area (Å²) < 4.78 is 43.7. The van der Waals surface area contributed by atoms with Gasteiger partial charge in [-0.1, -0.05) is 11.6 Å². The number of halogens is 4. The molecule has 0 saturated heterocycles. The van der Waals surface area contributed by atoms with Crippen LogP contribution in [0.1, 0.15) is 11.4 Å². The van der Waals surface area contributed by atoms with E-state index in [9.17, 15) is 13.2 Å². The zero-order chi connectivity index (χ0) is 15.7. The number of nitriles is 1. The minimum absolute atomic E-state index is 0.0114. The molecule has 0 saturated carbocycles. The molecule has 0 aliphatic carbocycles. The number of hydrogen-bond donors (Lipinski definition) is 1. The number of nitrogens with two attached hydrogens (primary N) is 1. The first kappa shape index (κ1) is 15.0. The van der Waals surface area contributed by atoms with Crippen molar-refractivity contribution in [2.45, 2.75) is 13.5 Å². The number of nitrogen functional groups attached to an aromatic ring is 1. The molecule has 1 aromatic heterocycles. The van der Waals surface area contributed by atoms with Crippen molar-refractivity contribution in [2.24, 2.45) is 0 Å². The number of rotatable bonds is 3. The van der Waals surface area contributed by atoms with Crippen molar-refractivity contribution in [3.05, 3.63) is 34.4 Å². The summed E-state index contributed by atoms with van der Waals surface area (Å²) in [7, 11) is 0. The molecule has 0 unspecified atom stereocenters.